The van der Waals surface area contributed by atoms with E-state index in [1.165, 1.54) is 6.07 Å². The largest absolute Gasteiger partial charge is 0.326 e. The fourth-order valence-electron chi connectivity index (χ4n) is 7.01. The van der Waals surface area contributed by atoms with Gasteiger partial charge in [0, 0.05) is 63.5 Å². The Hall–Kier alpha value is -5.14. The lowest BCUT2D eigenvalue weighted by Crippen LogP contribution is -2.45. The third-order valence-corrected chi connectivity index (χ3v) is 9.46. The van der Waals surface area contributed by atoms with Crippen LogP contribution >= 0.6 is 0 Å². The number of nitrogens with one attached hydrogen (secondary N) is 2. The van der Waals surface area contributed by atoms with Gasteiger partial charge in [-0.1, -0.05) is 30.3 Å². The lowest BCUT2D eigenvalue weighted by atomic mass is 9.87. The Bertz CT molecular complexity index is 2060. The fraction of sp³-hybridized carbons (Fsp3) is 0.351. The highest BCUT2D eigenvalue weighted by atomic mass is 19.1. The van der Waals surface area contributed by atoms with Gasteiger partial charge >= 0.3 is 0 Å². The molecule has 5 aromatic rings. The normalized spacial score (nSPS) is 17.4. The topological polar surface area (TPSA) is 121 Å². The number of carbonyl (C=O) groups excluding carboxylic acids is 2. The Labute approximate surface area is 288 Å². The number of fused-ring (bicyclic) bond motifs is 1. The summed E-state index contributed by atoms with van der Waals surface area (Å²) in [7, 11) is 0. The van der Waals surface area contributed by atoms with E-state index >= 15 is 4.39 Å². The summed E-state index contributed by atoms with van der Waals surface area (Å²) < 4.78 is 32.0. The first-order valence-electron chi connectivity index (χ1n) is 16.9. The minimum absolute atomic E-state index is 0.0207. The summed E-state index contributed by atoms with van der Waals surface area (Å²) in [5.74, 6) is -0.586. The second kappa shape index (κ2) is 14.0. The standard InChI is InChI=1S/C37H39F2N9O2/c1-22(2)48-23(3)42-35-29(38)16-26(17-31(35)48)34-30(39)19-41-37(45-34)43-32-10-8-24(18-40-32)20-46-12-14-47(15-13-46)21-25-6-4-5-7-27(25)28-9-11-33(49)44-36(28)50/h4-8,10,16-19,22,28H,9,11-15,20-21H2,1-3H3,(H,44,49,50)(H,40,41,43,45). The van der Waals surface area contributed by atoms with E-state index < -0.39 is 11.6 Å². The Morgan fingerprint density at radius 1 is 0.920 bits per heavy atom. The molecule has 2 aromatic carbocycles. The zero-order valence-electron chi connectivity index (χ0n) is 28.3. The highest BCUT2D eigenvalue weighted by Gasteiger charge is 2.30. The van der Waals surface area contributed by atoms with Crippen LogP contribution < -0.4 is 10.6 Å². The van der Waals surface area contributed by atoms with E-state index in [1.54, 1.807) is 12.3 Å². The van der Waals surface area contributed by atoms with E-state index in [4.69, 9.17) is 0 Å². The van der Waals surface area contributed by atoms with Crippen LogP contribution in [0.2, 0.25) is 0 Å². The molecule has 3 aromatic heterocycles. The van der Waals surface area contributed by atoms with Crippen molar-refractivity contribution in [3.05, 3.63) is 95.1 Å². The van der Waals surface area contributed by atoms with Crippen molar-refractivity contribution in [1.29, 1.82) is 0 Å². The maximum atomic E-state index is 15.1. The Morgan fingerprint density at radius 3 is 2.40 bits per heavy atom. The van der Waals surface area contributed by atoms with Crippen LogP contribution in [0, 0.1) is 18.6 Å². The molecule has 0 bridgehead atoms. The minimum Gasteiger partial charge on any atom is -0.326 e. The van der Waals surface area contributed by atoms with Crippen molar-refractivity contribution in [2.24, 2.45) is 0 Å². The molecule has 11 nitrogen and oxygen atoms in total. The van der Waals surface area contributed by atoms with Crippen molar-refractivity contribution in [2.75, 3.05) is 31.5 Å². The summed E-state index contributed by atoms with van der Waals surface area (Å²) in [6.07, 6.45) is 3.77. The van der Waals surface area contributed by atoms with E-state index in [-0.39, 0.29) is 40.9 Å². The first-order valence-corrected chi connectivity index (χ1v) is 16.9. The average Bonchev–Trinajstić information content (AvgIpc) is 3.44. The number of aromatic nitrogens is 5. The number of carbonyl (C=O) groups is 2. The SMILES string of the molecule is Cc1nc2c(F)cc(-c3nc(Nc4ccc(CN5CCN(Cc6ccccc6C6CCC(=O)NC6=O)CC5)cn4)ncc3F)cc2n1C(C)C. The number of piperazine rings is 1. The minimum atomic E-state index is -0.663. The van der Waals surface area contributed by atoms with Crippen molar-refractivity contribution in [1.82, 2.24) is 39.6 Å². The zero-order chi connectivity index (χ0) is 34.9. The van der Waals surface area contributed by atoms with Crippen molar-refractivity contribution in [2.45, 2.75) is 58.7 Å². The van der Waals surface area contributed by atoms with Gasteiger partial charge in [0.1, 0.15) is 22.9 Å². The van der Waals surface area contributed by atoms with Crippen LogP contribution in [-0.4, -0.2) is 72.3 Å². The van der Waals surface area contributed by atoms with Gasteiger partial charge in [0.25, 0.3) is 0 Å². The number of rotatable bonds is 9. The van der Waals surface area contributed by atoms with E-state index in [9.17, 15) is 14.0 Å². The number of hydrogen-bond donors (Lipinski definition) is 2. The number of anilines is 2. The van der Waals surface area contributed by atoms with Crippen molar-refractivity contribution < 1.29 is 18.4 Å². The van der Waals surface area contributed by atoms with Crippen LogP contribution in [0.3, 0.4) is 0 Å². The lowest BCUT2D eigenvalue weighted by Gasteiger charge is -2.35. The molecule has 2 saturated heterocycles. The molecule has 0 aliphatic carbocycles. The van der Waals surface area contributed by atoms with Crippen LogP contribution in [0.4, 0.5) is 20.5 Å². The van der Waals surface area contributed by atoms with E-state index in [1.807, 2.05) is 55.7 Å². The maximum absolute atomic E-state index is 15.1. The van der Waals surface area contributed by atoms with E-state index in [0.717, 1.165) is 62.2 Å². The molecular formula is C37H39F2N9O2. The summed E-state index contributed by atoms with van der Waals surface area (Å²) in [6.45, 7) is 10.8. The number of piperidine rings is 1. The summed E-state index contributed by atoms with van der Waals surface area (Å²) >= 11 is 0. The average molecular weight is 680 g/mol. The van der Waals surface area contributed by atoms with Gasteiger partial charge in [0.15, 0.2) is 11.6 Å². The molecule has 13 heteroatoms. The number of imide groups is 1. The molecule has 1 atom stereocenters. The fourth-order valence-corrected chi connectivity index (χ4v) is 7.01. The highest BCUT2D eigenvalue weighted by molar-refractivity contribution is 6.01. The van der Waals surface area contributed by atoms with E-state index in [2.05, 4.69) is 46.4 Å². The van der Waals surface area contributed by atoms with Crippen molar-refractivity contribution in [3.8, 4) is 11.3 Å². The molecule has 0 radical (unpaired) electrons. The first kappa shape index (κ1) is 33.4. The molecular weight excluding hydrogens is 640 g/mol. The summed E-state index contributed by atoms with van der Waals surface area (Å²) in [4.78, 5) is 46.3. The number of hydrogen-bond acceptors (Lipinski definition) is 9. The second-order valence-electron chi connectivity index (χ2n) is 13.3. The summed E-state index contributed by atoms with van der Waals surface area (Å²) in [6, 6.07) is 14.9. The molecule has 2 fully saturated rings. The lowest BCUT2D eigenvalue weighted by molar-refractivity contribution is -0.134. The Kier molecular flexibility index (Phi) is 9.34. The number of amides is 2. The quantitative estimate of drug-likeness (QED) is 0.191. The van der Waals surface area contributed by atoms with Crippen LogP contribution in [0.1, 0.15) is 61.2 Å². The summed E-state index contributed by atoms with van der Waals surface area (Å²) in [5.41, 5.74) is 4.27. The van der Waals surface area contributed by atoms with Crippen molar-refractivity contribution >= 4 is 34.6 Å². The molecule has 1 unspecified atom stereocenters. The van der Waals surface area contributed by atoms with Crippen molar-refractivity contribution in [3.63, 3.8) is 0 Å². The number of benzene rings is 2. The zero-order valence-corrected chi connectivity index (χ0v) is 28.3. The van der Waals surface area contributed by atoms with Gasteiger partial charge < -0.3 is 9.88 Å². The molecule has 2 N–H and O–H groups in total. The molecule has 2 aliphatic heterocycles. The van der Waals surface area contributed by atoms with Crippen LogP contribution in [-0.2, 0) is 22.7 Å². The second-order valence-corrected chi connectivity index (χ2v) is 13.3. The first-order chi connectivity index (χ1) is 24.1. The summed E-state index contributed by atoms with van der Waals surface area (Å²) in [5, 5.41) is 5.53. The number of halogens is 2. The molecule has 0 spiro atoms. The van der Waals surface area contributed by atoms with Gasteiger partial charge in [-0.15, -0.1) is 0 Å². The molecule has 2 aliphatic rings. The molecule has 50 heavy (non-hydrogen) atoms. The monoisotopic (exact) mass is 679 g/mol. The van der Waals surface area contributed by atoms with Crippen LogP contribution in [0.15, 0.2) is 60.9 Å². The van der Waals surface area contributed by atoms with Gasteiger partial charge in [0.05, 0.1) is 17.6 Å². The number of aryl methyl sites for hydroxylation is 1. The van der Waals surface area contributed by atoms with Gasteiger partial charge in [-0.25, -0.2) is 28.7 Å². The van der Waals surface area contributed by atoms with Crippen LogP contribution in [0.5, 0.6) is 0 Å². The number of pyridine rings is 1. The van der Waals surface area contributed by atoms with E-state index in [0.29, 0.717) is 35.6 Å². The Morgan fingerprint density at radius 2 is 1.68 bits per heavy atom. The number of imidazole rings is 1. The predicted octanol–water partition coefficient (Wildman–Crippen LogP) is 5.64. The van der Waals surface area contributed by atoms with Gasteiger partial charge in [-0.2, -0.15) is 0 Å². The third-order valence-electron chi connectivity index (χ3n) is 9.46. The number of nitrogens with zero attached hydrogens (tertiary/aromatic N) is 7. The molecule has 5 heterocycles. The predicted molar refractivity (Wildman–Crippen MR) is 185 cm³/mol. The molecule has 2 amide bonds. The van der Waals surface area contributed by atoms with Crippen LogP contribution in [0.25, 0.3) is 22.3 Å². The van der Waals surface area contributed by atoms with Gasteiger partial charge in [-0.05, 0) is 62.1 Å². The maximum Gasteiger partial charge on any atom is 0.234 e. The Balaban J connectivity index is 0.965. The molecule has 258 valence electrons. The third kappa shape index (κ3) is 6.96. The molecule has 0 saturated carbocycles. The molecule has 7 rings (SSSR count). The van der Waals surface area contributed by atoms with Gasteiger partial charge in [-0.3, -0.25) is 24.7 Å². The highest BCUT2D eigenvalue weighted by Crippen LogP contribution is 2.31. The van der Waals surface area contributed by atoms with Gasteiger partial charge in [0.2, 0.25) is 17.8 Å². The smallest absolute Gasteiger partial charge is 0.234 e.